The summed E-state index contributed by atoms with van der Waals surface area (Å²) < 4.78 is 13.1. The average Bonchev–Trinajstić information content (AvgIpc) is 3.56. The summed E-state index contributed by atoms with van der Waals surface area (Å²) in [7, 11) is -0.519. The number of rotatable bonds is 21. The van der Waals surface area contributed by atoms with Crippen LogP contribution in [0.15, 0.2) is 48.5 Å². The third-order valence-corrected chi connectivity index (χ3v) is 14.5. The third kappa shape index (κ3) is 10.1. The van der Waals surface area contributed by atoms with Crippen molar-refractivity contribution >= 4 is 47.9 Å². The molecule has 2 aliphatic heterocycles. The first-order chi connectivity index (χ1) is 28.4. The molecule has 0 spiro atoms. The van der Waals surface area contributed by atoms with E-state index in [1.165, 1.54) is 6.92 Å². The zero-order valence-corrected chi connectivity index (χ0v) is 36.8. The van der Waals surface area contributed by atoms with Crippen LogP contribution in [0.5, 0.6) is 0 Å². The number of aliphatic hydroxyl groups excluding tert-OH is 1. The Bertz CT molecular complexity index is 1870. The standard InChI is InChI=1S/C46H64BClN4O8/c1-26(43(57)51-36(9-7-8-18-49)38(55)20-27(2)47-59-41-22-33-21-40(45(33,4)5)46(41,6)60-47)19-39(56)42(28(3)53)52-44(58)35(32-24-50-25-32)23-37(54)31-12-10-29(11-13-31)30-14-16-34(48)17-15-30/h10-17,26-28,32-33,35-36,40-42,50,53H,7-9,18-25,49H2,1-6H3,(H,51,57)(H,52,58)/t26-,27-,28-,33+,35?,36+,40+,41-,42+,46+/m1/s1. The number of halogens is 1. The molecule has 7 rings (SSSR count). The maximum absolute atomic E-state index is 13.8. The van der Waals surface area contributed by atoms with Gasteiger partial charge in [0.25, 0.3) is 0 Å². The van der Waals surface area contributed by atoms with E-state index < -0.39 is 54.7 Å². The minimum atomic E-state index is -1.30. The quantitative estimate of drug-likeness (QED) is 0.0605. The second kappa shape index (κ2) is 19.3. The van der Waals surface area contributed by atoms with Crippen molar-refractivity contribution in [3.05, 3.63) is 59.1 Å². The third-order valence-electron chi connectivity index (χ3n) is 14.2. The van der Waals surface area contributed by atoms with Crippen molar-refractivity contribution in [2.24, 2.45) is 40.7 Å². The molecule has 2 bridgehead atoms. The van der Waals surface area contributed by atoms with Crippen LogP contribution in [0.3, 0.4) is 0 Å². The van der Waals surface area contributed by atoms with Crippen LogP contribution >= 0.6 is 11.6 Å². The molecule has 3 saturated carbocycles. The van der Waals surface area contributed by atoms with E-state index in [1.807, 2.05) is 31.2 Å². The first-order valence-electron chi connectivity index (χ1n) is 21.9. The lowest BCUT2D eigenvalue weighted by atomic mass is 9.43. The van der Waals surface area contributed by atoms with Crippen LogP contribution in [0.4, 0.5) is 0 Å². The maximum atomic E-state index is 13.8. The number of Topliss-reactive ketones (excluding diaryl/α,β-unsaturated/α-hetero) is 3. The molecule has 0 aromatic heterocycles. The Morgan fingerprint density at radius 3 is 2.12 bits per heavy atom. The molecule has 0 radical (unpaired) electrons. The van der Waals surface area contributed by atoms with Crippen LogP contribution in [0, 0.1) is 35.0 Å². The number of aliphatic hydroxyl groups is 1. The molecule has 326 valence electrons. The monoisotopic (exact) mass is 846 g/mol. The molecule has 2 aromatic rings. The van der Waals surface area contributed by atoms with Crippen molar-refractivity contribution < 1.29 is 38.4 Å². The summed E-state index contributed by atoms with van der Waals surface area (Å²) >= 11 is 6.03. The van der Waals surface area contributed by atoms with Crippen LogP contribution in [-0.2, 0) is 28.5 Å². The highest BCUT2D eigenvalue weighted by Gasteiger charge is 2.68. The van der Waals surface area contributed by atoms with Gasteiger partial charge in [0.2, 0.25) is 11.8 Å². The van der Waals surface area contributed by atoms with Crippen molar-refractivity contribution in [1.82, 2.24) is 16.0 Å². The number of unbranched alkanes of at least 4 members (excludes halogenated alkanes) is 1. The Morgan fingerprint density at radius 1 is 0.883 bits per heavy atom. The van der Waals surface area contributed by atoms with Gasteiger partial charge < -0.3 is 36.1 Å². The fourth-order valence-electron chi connectivity index (χ4n) is 9.95. The molecule has 14 heteroatoms. The van der Waals surface area contributed by atoms with Crippen molar-refractivity contribution in [3.8, 4) is 11.1 Å². The number of carbonyl (C=O) groups is 5. The van der Waals surface area contributed by atoms with E-state index >= 15 is 0 Å². The normalized spacial score (nSPS) is 25.9. The van der Waals surface area contributed by atoms with Gasteiger partial charge in [0.1, 0.15) is 6.04 Å². The minimum absolute atomic E-state index is 0.000917. The van der Waals surface area contributed by atoms with E-state index in [0.717, 1.165) is 24.0 Å². The smallest absolute Gasteiger partial charge is 0.405 e. The first-order valence-corrected chi connectivity index (χ1v) is 22.3. The SMILES string of the molecule is C[C@H](CC(=O)[C@H](CCCCN)NC(=O)[C@H](C)CC(=O)[C@@H](NC(=O)C(CC(=O)c1ccc(-c2ccc(Cl)cc2)cc1)C1CNC1)[C@@H](C)O)B1O[C@@H]2C[C@@H]3C[C@@H](C3(C)C)[C@]2(C)O1. The summed E-state index contributed by atoms with van der Waals surface area (Å²) in [6.07, 6.45) is 2.33. The Morgan fingerprint density at radius 2 is 1.53 bits per heavy atom. The van der Waals surface area contributed by atoms with E-state index in [-0.39, 0.29) is 59.7 Å². The van der Waals surface area contributed by atoms with Crippen LogP contribution in [-0.4, -0.2) is 90.9 Å². The van der Waals surface area contributed by atoms with Gasteiger partial charge in [-0.3, -0.25) is 24.0 Å². The van der Waals surface area contributed by atoms with Gasteiger partial charge in [-0.2, -0.15) is 0 Å². The van der Waals surface area contributed by atoms with Gasteiger partial charge in [0.15, 0.2) is 17.3 Å². The molecule has 2 aromatic carbocycles. The molecule has 10 atom stereocenters. The number of amides is 2. The summed E-state index contributed by atoms with van der Waals surface area (Å²) in [5.74, 6) is -2.82. The predicted octanol–water partition coefficient (Wildman–Crippen LogP) is 5.57. The summed E-state index contributed by atoms with van der Waals surface area (Å²) in [6, 6.07) is 12.5. The van der Waals surface area contributed by atoms with Crippen molar-refractivity contribution in [3.63, 3.8) is 0 Å². The molecule has 60 heavy (non-hydrogen) atoms. The molecule has 1 unspecified atom stereocenters. The second-order valence-electron chi connectivity index (χ2n) is 18.9. The van der Waals surface area contributed by atoms with Crippen LogP contribution < -0.4 is 21.7 Å². The molecule has 6 N–H and O–H groups in total. The lowest BCUT2D eigenvalue weighted by Gasteiger charge is -2.64. The Kier molecular flexibility index (Phi) is 14.8. The largest absolute Gasteiger partial charge is 0.461 e. The minimum Gasteiger partial charge on any atom is -0.405 e. The molecular formula is C46H64BClN4O8. The Labute approximate surface area is 360 Å². The Balaban J connectivity index is 1.04. The van der Waals surface area contributed by atoms with Crippen molar-refractivity contribution in [2.45, 2.75) is 129 Å². The second-order valence-corrected chi connectivity index (χ2v) is 19.3. The highest BCUT2D eigenvalue weighted by atomic mass is 35.5. The zero-order valence-electron chi connectivity index (χ0n) is 36.0. The van der Waals surface area contributed by atoms with Crippen molar-refractivity contribution in [2.75, 3.05) is 19.6 Å². The number of hydrogen-bond donors (Lipinski definition) is 5. The summed E-state index contributed by atoms with van der Waals surface area (Å²) in [5.41, 5.74) is 7.90. The lowest BCUT2D eigenvalue weighted by Crippen LogP contribution is -2.65. The number of hydrogen-bond acceptors (Lipinski definition) is 10. The molecular weight excluding hydrogens is 783 g/mol. The topological polar surface area (TPSA) is 186 Å². The molecule has 2 amide bonds. The lowest BCUT2D eigenvalue weighted by molar-refractivity contribution is -0.199. The van der Waals surface area contributed by atoms with Crippen LogP contribution in [0.1, 0.15) is 103 Å². The molecule has 3 aliphatic carbocycles. The molecule has 2 heterocycles. The van der Waals surface area contributed by atoms with Crippen molar-refractivity contribution in [1.29, 1.82) is 0 Å². The number of carbonyl (C=O) groups excluding carboxylic acids is 5. The van der Waals surface area contributed by atoms with Crippen LogP contribution in [0.25, 0.3) is 11.1 Å². The maximum Gasteiger partial charge on any atom is 0.461 e. The average molecular weight is 847 g/mol. The summed E-state index contributed by atoms with van der Waals surface area (Å²) in [6.45, 7) is 13.2. The number of nitrogens with two attached hydrogens (primary N) is 1. The molecule has 2 saturated heterocycles. The number of benzene rings is 2. The van der Waals surface area contributed by atoms with Gasteiger partial charge in [-0.05, 0) is 118 Å². The number of nitrogens with one attached hydrogen (secondary N) is 3. The van der Waals surface area contributed by atoms with E-state index in [0.29, 0.717) is 61.3 Å². The Hall–Kier alpha value is -3.46. The predicted molar refractivity (Wildman–Crippen MR) is 232 cm³/mol. The molecule has 5 aliphatic rings. The van der Waals surface area contributed by atoms with E-state index in [2.05, 4.69) is 36.7 Å². The van der Waals surface area contributed by atoms with Gasteiger partial charge in [-0.25, -0.2) is 0 Å². The fraction of sp³-hybridized carbons (Fsp3) is 0.630. The first kappa shape index (κ1) is 46.1. The van der Waals surface area contributed by atoms with Gasteiger partial charge in [0, 0.05) is 35.8 Å². The van der Waals surface area contributed by atoms with E-state index in [9.17, 15) is 29.1 Å². The highest BCUT2D eigenvalue weighted by Crippen LogP contribution is 2.66. The molecule has 5 fully saturated rings. The zero-order chi connectivity index (χ0) is 43.5. The number of ketones is 3. The summed E-state index contributed by atoms with van der Waals surface area (Å²) in [4.78, 5) is 68.5. The molecule has 12 nitrogen and oxygen atoms in total. The fourth-order valence-corrected chi connectivity index (χ4v) is 10.1. The van der Waals surface area contributed by atoms with Gasteiger partial charge in [-0.15, -0.1) is 0 Å². The van der Waals surface area contributed by atoms with Gasteiger partial charge in [0.05, 0.1) is 29.8 Å². The van der Waals surface area contributed by atoms with E-state index in [1.54, 1.807) is 31.2 Å². The van der Waals surface area contributed by atoms with Gasteiger partial charge in [-0.1, -0.05) is 75.7 Å². The summed E-state index contributed by atoms with van der Waals surface area (Å²) in [5, 5.41) is 20.1. The van der Waals surface area contributed by atoms with Crippen LogP contribution in [0.2, 0.25) is 10.8 Å². The highest BCUT2D eigenvalue weighted by molar-refractivity contribution is 6.47. The van der Waals surface area contributed by atoms with Gasteiger partial charge >= 0.3 is 7.12 Å². The van der Waals surface area contributed by atoms with E-state index in [4.69, 9.17) is 26.6 Å².